The molecule has 0 aliphatic heterocycles. The maximum atomic E-state index is 12.7. The van der Waals surface area contributed by atoms with Crippen LogP contribution in [-0.4, -0.2) is 71.4 Å². The summed E-state index contributed by atoms with van der Waals surface area (Å²) in [5.41, 5.74) is 1.24. The Morgan fingerprint density at radius 2 is 1.89 bits per heavy atom. The smallest absolute Gasteiger partial charge is 0.251 e. The molecular weight excluding hydrogens is 468 g/mol. The zero-order valence-electron chi connectivity index (χ0n) is 20.8. The van der Waals surface area contributed by atoms with E-state index in [0.717, 1.165) is 29.0 Å². The summed E-state index contributed by atoms with van der Waals surface area (Å²) < 4.78 is 18.1. The fourth-order valence-electron chi connectivity index (χ4n) is 3.33. The van der Waals surface area contributed by atoms with Crippen LogP contribution >= 0.6 is 11.8 Å². The van der Waals surface area contributed by atoms with Crippen LogP contribution in [0.3, 0.4) is 0 Å². The molecule has 0 saturated heterocycles. The molecule has 35 heavy (non-hydrogen) atoms. The number of thioether (sulfide) groups is 1. The van der Waals surface area contributed by atoms with Crippen LogP contribution in [0.2, 0.25) is 0 Å². The largest absolute Gasteiger partial charge is 0.490 e. The van der Waals surface area contributed by atoms with E-state index in [2.05, 4.69) is 27.6 Å². The number of nitrogens with zero attached hydrogens (tertiary/aromatic N) is 4. The number of carbonyl (C=O) groups is 1. The number of ether oxygens (including phenoxy) is 3. The van der Waals surface area contributed by atoms with Crippen molar-refractivity contribution in [2.75, 3.05) is 51.1 Å². The van der Waals surface area contributed by atoms with E-state index in [4.69, 9.17) is 19.2 Å². The Kier molecular flexibility index (Phi) is 10.4. The number of carbonyl (C=O) groups excluding carboxylic acids is 1. The lowest BCUT2D eigenvalue weighted by molar-refractivity contribution is 0.0951. The van der Waals surface area contributed by atoms with Crippen LogP contribution in [0.4, 0.5) is 5.82 Å². The van der Waals surface area contributed by atoms with Crippen LogP contribution in [0.15, 0.2) is 29.6 Å². The van der Waals surface area contributed by atoms with Crippen LogP contribution in [0, 0.1) is 0 Å². The molecule has 0 aliphatic rings. The highest BCUT2D eigenvalue weighted by molar-refractivity contribution is 7.99. The van der Waals surface area contributed by atoms with E-state index in [0.29, 0.717) is 61.7 Å². The summed E-state index contributed by atoms with van der Waals surface area (Å²) in [5.74, 6) is 2.65. The molecule has 0 radical (unpaired) electrons. The van der Waals surface area contributed by atoms with E-state index >= 15 is 0 Å². The van der Waals surface area contributed by atoms with E-state index in [1.807, 2.05) is 13.8 Å². The third kappa shape index (κ3) is 7.22. The molecule has 0 aliphatic carbocycles. The SMILES string of the molecule is CCCSc1nc(NCCOC)c2cnn(CCNC(=O)c3ccc(OCC)c(OCC)c3)c2n1. The number of anilines is 1. The van der Waals surface area contributed by atoms with Crippen molar-refractivity contribution < 1.29 is 19.0 Å². The fraction of sp³-hybridized carbons (Fsp3) is 0.500. The fourth-order valence-corrected chi connectivity index (χ4v) is 4.03. The van der Waals surface area contributed by atoms with Gasteiger partial charge in [0.15, 0.2) is 22.3 Å². The van der Waals surface area contributed by atoms with Crippen molar-refractivity contribution >= 4 is 34.5 Å². The lowest BCUT2D eigenvalue weighted by Crippen LogP contribution is -2.27. The summed E-state index contributed by atoms with van der Waals surface area (Å²) in [6.45, 7) is 8.99. The molecule has 0 unspecified atom stereocenters. The zero-order valence-corrected chi connectivity index (χ0v) is 21.6. The number of fused-ring (bicyclic) bond motifs is 1. The van der Waals surface area contributed by atoms with E-state index in [1.165, 1.54) is 0 Å². The van der Waals surface area contributed by atoms with Crippen molar-refractivity contribution in [3.05, 3.63) is 30.0 Å². The first kappa shape index (κ1) is 26.6. The molecule has 2 aromatic heterocycles. The predicted molar refractivity (Wildman–Crippen MR) is 138 cm³/mol. The Hall–Kier alpha value is -3.05. The molecule has 2 N–H and O–H groups in total. The minimum Gasteiger partial charge on any atom is -0.490 e. The van der Waals surface area contributed by atoms with Crippen molar-refractivity contribution in [1.29, 1.82) is 0 Å². The van der Waals surface area contributed by atoms with E-state index in [9.17, 15) is 4.79 Å². The molecule has 190 valence electrons. The van der Waals surface area contributed by atoms with Gasteiger partial charge in [-0.15, -0.1) is 0 Å². The molecule has 1 amide bonds. The molecule has 0 spiro atoms. The first-order valence-electron chi connectivity index (χ1n) is 11.9. The molecule has 10 nitrogen and oxygen atoms in total. The normalized spacial score (nSPS) is 11.0. The topological polar surface area (TPSA) is 112 Å². The number of amides is 1. The monoisotopic (exact) mass is 502 g/mol. The molecule has 1 aromatic carbocycles. The molecule has 0 saturated carbocycles. The van der Waals surface area contributed by atoms with Crippen molar-refractivity contribution in [2.45, 2.75) is 38.9 Å². The van der Waals surface area contributed by atoms with Crippen LogP contribution in [-0.2, 0) is 11.3 Å². The zero-order chi connectivity index (χ0) is 25.0. The Balaban J connectivity index is 1.71. The van der Waals surface area contributed by atoms with Gasteiger partial charge in [-0.1, -0.05) is 18.7 Å². The molecular formula is C24H34N6O4S. The average Bonchev–Trinajstić information content (AvgIpc) is 3.27. The lowest BCUT2D eigenvalue weighted by Gasteiger charge is -2.12. The van der Waals surface area contributed by atoms with Gasteiger partial charge in [0.25, 0.3) is 5.91 Å². The van der Waals surface area contributed by atoms with Gasteiger partial charge in [0.1, 0.15) is 5.82 Å². The second-order valence-corrected chi connectivity index (χ2v) is 8.57. The molecule has 0 fully saturated rings. The third-order valence-corrected chi connectivity index (χ3v) is 5.98. The summed E-state index contributed by atoms with van der Waals surface area (Å²) in [4.78, 5) is 22.1. The number of aromatic nitrogens is 4. The molecule has 2 heterocycles. The quantitative estimate of drug-likeness (QED) is 0.183. The number of benzene rings is 1. The van der Waals surface area contributed by atoms with Crippen molar-refractivity contribution in [3.8, 4) is 11.5 Å². The Morgan fingerprint density at radius 3 is 2.63 bits per heavy atom. The molecule has 3 aromatic rings. The van der Waals surface area contributed by atoms with E-state index in [-0.39, 0.29) is 5.91 Å². The second kappa shape index (κ2) is 13.7. The number of hydrogen-bond donors (Lipinski definition) is 2. The van der Waals surface area contributed by atoms with Gasteiger partial charge in [0, 0.05) is 31.5 Å². The van der Waals surface area contributed by atoms with Crippen LogP contribution in [0.1, 0.15) is 37.6 Å². The van der Waals surface area contributed by atoms with Gasteiger partial charge in [-0.3, -0.25) is 4.79 Å². The van der Waals surface area contributed by atoms with Crippen molar-refractivity contribution in [1.82, 2.24) is 25.1 Å². The molecule has 0 bridgehead atoms. The summed E-state index contributed by atoms with van der Waals surface area (Å²) in [6, 6.07) is 5.19. The minimum absolute atomic E-state index is 0.193. The highest BCUT2D eigenvalue weighted by atomic mass is 32.2. The van der Waals surface area contributed by atoms with Gasteiger partial charge in [-0.05, 0) is 38.5 Å². The van der Waals surface area contributed by atoms with Gasteiger partial charge in [-0.2, -0.15) is 5.10 Å². The number of nitrogens with one attached hydrogen (secondary N) is 2. The first-order valence-corrected chi connectivity index (χ1v) is 12.9. The van der Waals surface area contributed by atoms with Crippen LogP contribution < -0.4 is 20.1 Å². The maximum absolute atomic E-state index is 12.7. The average molecular weight is 503 g/mol. The standard InChI is InChI=1S/C24H34N6O4S/c1-5-14-35-24-28-21(25-11-13-32-4)18-16-27-30(22(18)29-24)12-10-26-23(31)17-8-9-19(33-6-2)20(15-17)34-7-3/h8-9,15-16H,5-7,10-14H2,1-4H3,(H,26,31)(H,25,28,29). The molecule has 0 atom stereocenters. The van der Waals surface area contributed by atoms with Gasteiger partial charge in [0.05, 0.1) is 37.9 Å². The summed E-state index contributed by atoms with van der Waals surface area (Å²) in [5, 5.41) is 12.3. The Bertz CT molecular complexity index is 1110. The predicted octanol–water partition coefficient (Wildman–Crippen LogP) is 3.61. The van der Waals surface area contributed by atoms with Crippen molar-refractivity contribution in [3.63, 3.8) is 0 Å². The number of rotatable bonds is 15. The first-order chi connectivity index (χ1) is 17.1. The van der Waals surface area contributed by atoms with Gasteiger partial charge in [-0.25, -0.2) is 14.6 Å². The summed E-state index contributed by atoms with van der Waals surface area (Å²) in [7, 11) is 1.66. The van der Waals surface area contributed by atoms with Crippen LogP contribution in [0.25, 0.3) is 11.0 Å². The number of hydrogen-bond acceptors (Lipinski definition) is 9. The number of methoxy groups -OCH3 is 1. The summed E-state index contributed by atoms with van der Waals surface area (Å²) >= 11 is 1.61. The molecule has 3 rings (SSSR count). The van der Waals surface area contributed by atoms with Gasteiger partial charge in [0.2, 0.25) is 0 Å². The highest BCUT2D eigenvalue weighted by Gasteiger charge is 2.15. The summed E-state index contributed by atoms with van der Waals surface area (Å²) in [6.07, 6.45) is 2.78. The maximum Gasteiger partial charge on any atom is 0.251 e. The van der Waals surface area contributed by atoms with Gasteiger partial charge < -0.3 is 24.8 Å². The van der Waals surface area contributed by atoms with E-state index < -0.39 is 0 Å². The Morgan fingerprint density at radius 1 is 1.09 bits per heavy atom. The Labute approximate surface area is 210 Å². The second-order valence-electron chi connectivity index (χ2n) is 7.51. The highest BCUT2D eigenvalue weighted by Crippen LogP contribution is 2.28. The third-order valence-electron chi connectivity index (χ3n) is 4.92. The lowest BCUT2D eigenvalue weighted by atomic mass is 10.2. The van der Waals surface area contributed by atoms with Gasteiger partial charge >= 0.3 is 0 Å². The minimum atomic E-state index is -0.193. The van der Waals surface area contributed by atoms with Crippen molar-refractivity contribution in [2.24, 2.45) is 0 Å². The van der Waals surface area contributed by atoms with E-state index in [1.54, 1.807) is 47.9 Å². The van der Waals surface area contributed by atoms with Crippen LogP contribution in [0.5, 0.6) is 11.5 Å². The molecule has 11 heteroatoms.